The van der Waals surface area contributed by atoms with E-state index in [2.05, 4.69) is 15.3 Å². The molecule has 1 amide bonds. The third kappa shape index (κ3) is 4.77. The molecule has 0 aliphatic carbocycles. The van der Waals surface area contributed by atoms with Crippen LogP contribution in [-0.4, -0.2) is 48.6 Å². The fourth-order valence-electron chi connectivity index (χ4n) is 2.96. The van der Waals surface area contributed by atoms with Gasteiger partial charge in [-0.1, -0.05) is 0 Å². The summed E-state index contributed by atoms with van der Waals surface area (Å²) in [5, 5.41) is 2.48. The first kappa shape index (κ1) is 22.1. The van der Waals surface area contributed by atoms with Gasteiger partial charge in [-0.3, -0.25) is 14.5 Å². The van der Waals surface area contributed by atoms with Crippen molar-refractivity contribution in [1.29, 1.82) is 0 Å². The quantitative estimate of drug-likeness (QED) is 0.553. The Balaban J connectivity index is 1.74. The molecule has 0 aliphatic heterocycles. The smallest absolute Gasteiger partial charge is 0.258 e. The highest BCUT2D eigenvalue weighted by Gasteiger charge is 2.17. The minimum absolute atomic E-state index is 0.0766. The van der Waals surface area contributed by atoms with Gasteiger partial charge in [0.2, 0.25) is 5.91 Å². The molecule has 0 saturated heterocycles. The van der Waals surface area contributed by atoms with E-state index in [1.54, 1.807) is 13.1 Å². The van der Waals surface area contributed by atoms with Crippen molar-refractivity contribution in [2.75, 3.05) is 33.1 Å². The van der Waals surface area contributed by atoms with Crippen LogP contribution >= 0.6 is 0 Å². The number of methoxy groups -OCH3 is 2. The zero-order valence-electron chi connectivity index (χ0n) is 16.9. The normalized spacial score (nSPS) is 11.1. The van der Waals surface area contributed by atoms with Gasteiger partial charge in [0.25, 0.3) is 5.56 Å². The summed E-state index contributed by atoms with van der Waals surface area (Å²) in [4.78, 5) is 33.0. The predicted molar refractivity (Wildman–Crippen MR) is 107 cm³/mol. The monoisotopic (exact) mass is 436 g/mol. The summed E-state index contributed by atoms with van der Waals surface area (Å²) in [5.74, 6) is -4.11. The van der Waals surface area contributed by atoms with Gasteiger partial charge in [-0.25, -0.2) is 18.2 Å². The number of fused-ring (bicyclic) bond motifs is 1. The van der Waals surface area contributed by atoms with Gasteiger partial charge in [0.1, 0.15) is 5.82 Å². The molecule has 3 aromatic rings. The number of ether oxygens (including phenoxy) is 2. The molecule has 164 valence electrons. The third-order valence-electron chi connectivity index (χ3n) is 4.40. The van der Waals surface area contributed by atoms with Gasteiger partial charge in [0.05, 0.1) is 43.9 Å². The number of aromatic nitrogens is 2. The zero-order valence-corrected chi connectivity index (χ0v) is 16.9. The van der Waals surface area contributed by atoms with Crippen LogP contribution in [0.2, 0.25) is 0 Å². The number of nitrogens with one attached hydrogen (secondary N) is 2. The molecule has 1 heterocycles. The van der Waals surface area contributed by atoms with E-state index in [-0.39, 0.29) is 18.9 Å². The van der Waals surface area contributed by atoms with Crippen molar-refractivity contribution in [3.63, 3.8) is 0 Å². The minimum Gasteiger partial charge on any atom is -0.493 e. The van der Waals surface area contributed by atoms with E-state index >= 15 is 0 Å². The van der Waals surface area contributed by atoms with Gasteiger partial charge < -0.3 is 19.8 Å². The number of carbonyl (C=O) groups is 1. The fraction of sp³-hybridized carbons (Fsp3) is 0.250. The molecule has 11 heteroatoms. The molecule has 2 aromatic carbocycles. The van der Waals surface area contributed by atoms with E-state index in [9.17, 15) is 22.8 Å². The Labute approximate surface area is 174 Å². The van der Waals surface area contributed by atoms with Crippen molar-refractivity contribution in [2.45, 2.75) is 6.54 Å². The van der Waals surface area contributed by atoms with Gasteiger partial charge in [0.15, 0.2) is 29.0 Å². The van der Waals surface area contributed by atoms with Gasteiger partial charge in [-0.05, 0) is 25.2 Å². The van der Waals surface area contributed by atoms with Crippen LogP contribution in [-0.2, 0) is 11.3 Å². The Kier molecular flexibility index (Phi) is 6.44. The summed E-state index contributed by atoms with van der Waals surface area (Å²) in [6.45, 7) is -0.153. The molecule has 0 saturated carbocycles. The highest BCUT2D eigenvalue weighted by atomic mass is 19.2. The van der Waals surface area contributed by atoms with E-state index in [0.717, 1.165) is 6.07 Å². The van der Waals surface area contributed by atoms with E-state index in [4.69, 9.17) is 9.47 Å². The standard InChI is InChI=1S/C20H19F3N4O4/c1-27(9-17(28)25-12-5-4-11(21)18(22)19(12)23)8-16-24-13-7-15(31-3)14(30-2)6-10(13)20(29)26-16/h4-7H,8-9H2,1-3H3,(H,25,28)(H,24,26,29). The maximum atomic E-state index is 13.7. The largest absolute Gasteiger partial charge is 0.493 e. The topological polar surface area (TPSA) is 96.5 Å². The molecular formula is C20H19F3N4O4. The molecule has 0 unspecified atom stereocenters. The Morgan fingerprint density at radius 3 is 2.48 bits per heavy atom. The fourth-order valence-corrected chi connectivity index (χ4v) is 2.96. The number of rotatable bonds is 7. The number of H-pyrrole nitrogens is 1. The van der Waals surface area contributed by atoms with Crippen LogP contribution in [0.1, 0.15) is 5.82 Å². The van der Waals surface area contributed by atoms with E-state index in [0.29, 0.717) is 28.5 Å². The summed E-state index contributed by atoms with van der Waals surface area (Å²) < 4.78 is 50.4. The van der Waals surface area contributed by atoms with E-state index < -0.39 is 34.6 Å². The van der Waals surface area contributed by atoms with Gasteiger partial charge >= 0.3 is 0 Å². The lowest BCUT2D eigenvalue weighted by molar-refractivity contribution is -0.117. The molecule has 0 atom stereocenters. The van der Waals surface area contributed by atoms with E-state index in [1.807, 2.05) is 0 Å². The van der Waals surface area contributed by atoms with Gasteiger partial charge in [-0.2, -0.15) is 0 Å². The summed E-state index contributed by atoms with van der Waals surface area (Å²) in [6.07, 6.45) is 0. The first-order chi connectivity index (χ1) is 14.7. The highest BCUT2D eigenvalue weighted by molar-refractivity contribution is 5.92. The lowest BCUT2D eigenvalue weighted by Crippen LogP contribution is -2.31. The number of amides is 1. The molecule has 0 bridgehead atoms. The molecule has 0 spiro atoms. The van der Waals surface area contributed by atoms with Crippen LogP contribution in [0.25, 0.3) is 10.9 Å². The van der Waals surface area contributed by atoms with Crippen LogP contribution < -0.4 is 20.3 Å². The predicted octanol–water partition coefficient (Wildman–Crippen LogP) is 2.43. The lowest BCUT2D eigenvalue weighted by Gasteiger charge is -2.16. The summed E-state index contributed by atoms with van der Waals surface area (Å²) in [7, 11) is 4.48. The maximum Gasteiger partial charge on any atom is 0.258 e. The number of halogens is 3. The van der Waals surface area contributed by atoms with Crippen molar-refractivity contribution >= 4 is 22.5 Å². The molecule has 0 aliphatic rings. The van der Waals surface area contributed by atoms with Gasteiger partial charge in [0, 0.05) is 6.07 Å². The van der Waals surface area contributed by atoms with Crippen LogP contribution in [0.5, 0.6) is 11.5 Å². The molecule has 1 aromatic heterocycles. The SMILES string of the molecule is COc1cc2nc(CN(C)CC(=O)Nc3ccc(F)c(F)c3F)[nH]c(=O)c2cc1OC. The Hall–Kier alpha value is -3.60. The Bertz CT molecular complexity index is 1200. The number of anilines is 1. The van der Waals surface area contributed by atoms with Crippen LogP contribution in [0.15, 0.2) is 29.1 Å². The number of benzene rings is 2. The minimum atomic E-state index is -1.67. The van der Waals surface area contributed by atoms with Crippen LogP contribution in [0, 0.1) is 17.5 Å². The maximum absolute atomic E-state index is 13.7. The molecule has 2 N–H and O–H groups in total. The summed E-state index contributed by atoms with van der Waals surface area (Å²) in [5.41, 5.74) is -0.503. The van der Waals surface area contributed by atoms with Crippen molar-refractivity contribution in [2.24, 2.45) is 0 Å². The van der Waals surface area contributed by atoms with Crippen molar-refractivity contribution in [3.05, 3.63) is 57.9 Å². The third-order valence-corrected chi connectivity index (χ3v) is 4.40. The van der Waals surface area contributed by atoms with Crippen molar-refractivity contribution in [1.82, 2.24) is 14.9 Å². The molecule has 3 rings (SSSR count). The number of nitrogens with zero attached hydrogens (tertiary/aromatic N) is 2. The zero-order chi connectivity index (χ0) is 22.7. The average Bonchev–Trinajstić information content (AvgIpc) is 2.73. The number of aromatic amines is 1. The second-order valence-corrected chi connectivity index (χ2v) is 6.68. The number of carbonyl (C=O) groups excluding carboxylic acids is 1. The van der Waals surface area contributed by atoms with E-state index in [1.165, 1.54) is 25.2 Å². The summed E-state index contributed by atoms with van der Waals surface area (Å²) >= 11 is 0. The first-order valence-corrected chi connectivity index (χ1v) is 9.00. The van der Waals surface area contributed by atoms with Gasteiger partial charge in [-0.15, -0.1) is 0 Å². The number of likely N-dealkylation sites (N-methyl/N-ethyl adjacent to an activating group) is 1. The average molecular weight is 436 g/mol. The molecule has 31 heavy (non-hydrogen) atoms. The molecule has 0 radical (unpaired) electrons. The molecular weight excluding hydrogens is 417 g/mol. The summed E-state index contributed by atoms with van der Waals surface area (Å²) in [6, 6.07) is 4.71. The lowest BCUT2D eigenvalue weighted by atomic mass is 10.2. The van der Waals surface area contributed by atoms with Crippen LogP contribution in [0.4, 0.5) is 18.9 Å². The second kappa shape index (κ2) is 9.04. The van der Waals surface area contributed by atoms with Crippen LogP contribution in [0.3, 0.4) is 0 Å². The van der Waals surface area contributed by atoms with Crippen molar-refractivity contribution < 1.29 is 27.4 Å². The van der Waals surface area contributed by atoms with Crippen molar-refractivity contribution in [3.8, 4) is 11.5 Å². The Morgan fingerprint density at radius 1 is 1.13 bits per heavy atom. The number of hydrogen-bond donors (Lipinski definition) is 2. The first-order valence-electron chi connectivity index (χ1n) is 9.00. The highest BCUT2D eigenvalue weighted by Crippen LogP contribution is 2.30. The second-order valence-electron chi connectivity index (χ2n) is 6.68. The molecule has 8 nitrogen and oxygen atoms in total. The Morgan fingerprint density at radius 2 is 1.81 bits per heavy atom. The number of hydrogen-bond acceptors (Lipinski definition) is 6. The molecule has 0 fully saturated rings.